The molecule has 1 unspecified atom stereocenters. The van der Waals surface area contributed by atoms with Crippen molar-refractivity contribution in [2.75, 3.05) is 0 Å². The minimum absolute atomic E-state index is 0.211. The minimum atomic E-state index is -0.564. The van der Waals surface area contributed by atoms with E-state index in [1.807, 2.05) is 0 Å². The van der Waals surface area contributed by atoms with Crippen molar-refractivity contribution in [2.24, 2.45) is 5.73 Å². The van der Waals surface area contributed by atoms with Crippen molar-refractivity contribution in [2.45, 2.75) is 13.0 Å². The zero-order valence-electron chi connectivity index (χ0n) is 8.01. The van der Waals surface area contributed by atoms with E-state index < -0.39 is 6.04 Å². The minimum Gasteiger partial charge on any atom is -0.321 e. The number of hydrogen-bond acceptors (Lipinski definition) is 4. The molecule has 0 aliphatic heterocycles. The molecule has 2 heterocycles. The predicted octanol–water partition coefficient (Wildman–Crippen LogP) is 0.913. The summed E-state index contributed by atoms with van der Waals surface area (Å²) in [4.78, 5) is 19.5. The van der Waals surface area contributed by atoms with Crippen molar-refractivity contribution in [3.05, 3.63) is 29.3 Å². The number of rotatable bonds is 2. The molecule has 2 aromatic heterocycles. The molecule has 0 aromatic carbocycles. The summed E-state index contributed by atoms with van der Waals surface area (Å²) in [6, 6.07) is 1.01. The molecule has 2 N–H and O–H groups in total. The highest BCUT2D eigenvalue weighted by molar-refractivity contribution is 6.29. The SMILES string of the molecule is CC(N)C(=O)c1ccn2c(Cl)cnc2n1. The third kappa shape index (κ3) is 1.71. The van der Waals surface area contributed by atoms with Gasteiger partial charge in [0.1, 0.15) is 10.8 Å². The number of Topliss-reactive ketones (excluding diaryl/α,β-unsaturated/α-hetero) is 1. The Labute approximate surface area is 90.9 Å². The van der Waals surface area contributed by atoms with Crippen LogP contribution in [0.2, 0.25) is 5.15 Å². The van der Waals surface area contributed by atoms with Crippen LogP contribution in [0.5, 0.6) is 0 Å². The van der Waals surface area contributed by atoms with E-state index in [1.165, 1.54) is 6.20 Å². The summed E-state index contributed by atoms with van der Waals surface area (Å²) in [5.74, 6) is 0.183. The summed E-state index contributed by atoms with van der Waals surface area (Å²) in [5.41, 5.74) is 5.78. The molecule has 1 atom stereocenters. The van der Waals surface area contributed by atoms with Crippen molar-refractivity contribution in [3.8, 4) is 0 Å². The number of hydrogen-bond donors (Lipinski definition) is 1. The number of nitrogens with zero attached hydrogens (tertiary/aromatic N) is 3. The van der Waals surface area contributed by atoms with Gasteiger partial charge in [0.05, 0.1) is 12.2 Å². The maximum absolute atomic E-state index is 11.5. The lowest BCUT2D eigenvalue weighted by Gasteiger charge is -2.03. The van der Waals surface area contributed by atoms with Gasteiger partial charge in [0.2, 0.25) is 5.78 Å². The second kappa shape index (κ2) is 3.60. The smallest absolute Gasteiger partial charge is 0.235 e. The van der Waals surface area contributed by atoms with Gasteiger partial charge in [-0.1, -0.05) is 11.6 Å². The maximum atomic E-state index is 11.5. The van der Waals surface area contributed by atoms with Gasteiger partial charge in [-0.25, -0.2) is 9.97 Å². The van der Waals surface area contributed by atoms with Gasteiger partial charge in [0.15, 0.2) is 5.78 Å². The number of carbonyl (C=O) groups is 1. The Hall–Kier alpha value is -1.46. The molecule has 0 aliphatic rings. The molecular weight excluding hydrogens is 216 g/mol. The molecule has 0 saturated heterocycles. The highest BCUT2D eigenvalue weighted by Gasteiger charge is 2.13. The third-order valence-corrected chi connectivity index (χ3v) is 2.28. The number of nitrogens with two attached hydrogens (primary N) is 1. The number of halogens is 1. The van der Waals surface area contributed by atoms with Crippen molar-refractivity contribution in [1.82, 2.24) is 14.4 Å². The van der Waals surface area contributed by atoms with E-state index in [0.717, 1.165) is 0 Å². The van der Waals surface area contributed by atoms with Crippen molar-refractivity contribution < 1.29 is 4.79 Å². The van der Waals surface area contributed by atoms with Gasteiger partial charge in [0.25, 0.3) is 0 Å². The first-order valence-corrected chi connectivity index (χ1v) is 4.77. The molecule has 0 bridgehead atoms. The molecule has 0 aliphatic carbocycles. The Balaban J connectivity index is 2.52. The molecule has 0 spiro atoms. The quantitative estimate of drug-likeness (QED) is 0.770. The van der Waals surface area contributed by atoms with Gasteiger partial charge in [0, 0.05) is 6.20 Å². The van der Waals surface area contributed by atoms with Gasteiger partial charge in [-0.3, -0.25) is 9.20 Å². The van der Waals surface area contributed by atoms with Crippen LogP contribution in [0.15, 0.2) is 18.5 Å². The molecular formula is C9H9ClN4O. The summed E-state index contributed by atoms with van der Waals surface area (Å²) in [7, 11) is 0. The molecule has 0 fully saturated rings. The number of fused-ring (bicyclic) bond motifs is 1. The first-order valence-electron chi connectivity index (χ1n) is 4.39. The van der Waals surface area contributed by atoms with Crippen LogP contribution in [-0.4, -0.2) is 26.2 Å². The van der Waals surface area contributed by atoms with Crippen LogP contribution >= 0.6 is 11.6 Å². The largest absolute Gasteiger partial charge is 0.321 e. The van der Waals surface area contributed by atoms with Crippen LogP contribution in [0.25, 0.3) is 5.78 Å². The van der Waals surface area contributed by atoms with Crippen molar-refractivity contribution in [1.29, 1.82) is 0 Å². The van der Waals surface area contributed by atoms with Crippen LogP contribution in [0.3, 0.4) is 0 Å². The summed E-state index contributed by atoms with van der Waals surface area (Å²) < 4.78 is 1.58. The van der Waals surface area contributed by atoms with Crippen LogP contribution in [0.1, 0.15) is 17.4 Å². The van der Waals surface area contributed by atoms with Gasteiger partial charge in [-0.15, -0.1) is 0 Å². The Morgan fingerprint density at radius 2 is 2.40 bits per heavy atom. The van der Waals surface area contributed by atoms with Crippen LogP contribution in [0.4, 0.5) is 0 Å². The fraction of sp³-hybridized carbons (Fsp3) is 0.222. The first-order chi connectivity index (χ1) is 7.09. The number of aromatic nitrogens is 3. The van der Waals surface area contributed by atoms with Gasteiger partial charge >= 0.3 is 0 Å². The Kier molecular flexibility index (Phi) is 2.42. The lowest BCUT2D eigenvalue weighted by molar-refractivity contribution is 0.0963. The van der Waals surface area contributed by atoms with E-state index in [2.05, 4.69) is 9.97 Å². The molecule has 2 rings (SSSR count). The summed E-state index contributed by atoms with van der Waals surface area (Å²) in [6.07, 6.45) is 3.12. The van der Waals surface area contributed by atoms with Gasteiger partial charge in [-0.2, -0.15) is 0 Å². The summed E-state index contributed by atoms with van der Waals surface area (Å²) >= 11 is 5.82. The monoisotopic (exact) mass is 224 g/mol. The Morgan fingerprint density at radius 1 is 1.67 bits per heavy atom. The molecule has 0 radical (unpaired) electrons. The number of carbonyl (C=O) groups excluding carboxylic acids is 1. The van der Waals surface area contributed by atoms with E-state index in [1.54, 1.807) is 23.6 Å². The molecule has 0 saturated carbocycles. The van der Waals surface area contributed by atoms with E-state index in [-0.39, 0.29) is 5.78 Å². The zero-order valence-corrected chi connectivity index (χ0v) is 8.77. The van der Waals surface area contributed by atoms with E-state index in [0.29, 0.717) is 16.6 Å². The second-order valence-corrected chi connectivity index (χ2v) is 3.60. The lowest BCUT2D eigenvalue weighted by atomic mass is 10.2. The summed E-state index contributed by atoms with van der Waals surface area (Å²) in [6.45, 7) is 1.62. The van der Waals surface area contributed by atoms with Crippen molar-refractivity contribution in [3.63, 3.8) is 0 Å². The highest BCUT2D eigenvalue weighted by Crippen LogP contribution is 2.11. The number of ketones is 1. The third-order valence-electron chi connectivity index (χ3n) is 2.00. The highest BCUT2D eigenvalue weighted by atomic mass is 35.5. The standard InChI is InChI=1S/C9H9ClN4O/c1-5(11)8(15)6-2-3-14-7(10)4-12-9(14)13-6/h2-5H,11H2,1H3. The fourth-order valence-corrected chi connectivity index (χ4v) is 1.39. The average Bonchev–Trinajstić information content (AvgIpc) is 2.59. The molecule has 5 nitrogen and oxygen atoms in total. The van der Waals surface area contributed by atoms with Crippen LogP contribution in [-0.2, 0) is 0 Å². The number of imidazole rings is 1. The van der Waals surface area contributed by atoms with Crippen LogP contribution in [0, 0.1) is 0 Å². The first kappa shape index (κ1) is 10.1. The van der Waals surface area contributed by atoms with Gasteiger partial charge in [-0.05, 0) is 13.0 Å². The topological polar surface area (TPSA) is 73.3 Å². The molecule has 2 aromatic rings. The zero-order chi connectivity index (χ0) is 11.0. The molecule has 15 heavy (non-hydrogen) atoms. The predicted molar refractivity (Wildman–Crippen MR) is 56.0 cm³/mol. The molecule has 0 amide bonds. The van der Waals surface area contributed by atoms with Crippen LogP contribution < -0.4 is 5.73 Å². The van der Waals surface area contributed by atoms with E-state index >= 15 is 0 Å². The van der Waals surface area contributed by atoms with E-state index in [4.69, 9.17) is 17.3 Å². The van der Waals surface area contributed by atoms with Crippen molar-refractivity contribution >= 4 is 23.2 Å². The fourth-order valence-electron chi connectivity index (χ4n) is 1.21. The Bertz CT molecular complexity index is 520. The lowest BCUT2D eigenvalue weighted by Crippen LogP contribution is -2.27. The molecule has 78 valence electrons. The van der Waals surface area contributed by atoms with E-state index in [9.17, 15) is 4.79 Å². The molecule has 6 heteroatoms. The van der Waals surface area contributed by atoms with Gasteiger partial charge < -0.3 is 5.73 Å². The summed E-state index contributed by atoms with van der Waals surface area (Å²) in [5, 5.41) is 0.456. The average molecular weight is 225 g/mol. The second-order valence-electron chi connectivity index (χ2n) is 3.22. The maximum Gasteiger partial charge on any atom is 0.235 e. The Morgan fingerprint density at radius 3 is 3.07 bits per heavy atom. The normalized spacial score (nSPS) is 13.0.